The summed E-state index contributed by atoms with van der Waals surface area (Å²) >= 11 is 2.12. The van der Waals surface area contributed by atoms with Crippen molar-refractivity contribution in [3.05, 3.63) is 12.2 Å². The molecule has 1 heteroatoms. The molecule has 1 aliphatic heterocycles. The van der Waals surface area contributed by atoms with Gasteiger partial charge >= 0.3 is 0 Å². The van der Waals surface area contributed by atoms with Crippen LogP contribution in [0.2, 0.25) is 0 Å². The SMILES string of the molecule is C/C=C\CCC1CCSC1. The lowest BCUT2D eigenvalue weighted by atomic mass is 10.0. The number of allylic oxidation sites excluding steroid dienone is 2. The topological polar surface area (TPSA) is 0 Å². The first-order valence-electron chi connectivity index (χ1n) is 4.12. The Balaban J connectivity index is 2.01. The summed E-state index contributed by atoms with van der Waals surface area (Å²) in [5.74, 6) is 3.85. The van der Waals surface area contributed by atoms with Crippen LogP contribution in [-0.2, 0) is 0 Å². The van der Waals surface area contributed by atoms with Crippen LogP contribution >= 0.6 is 11.8 Å². The Labute approximate surface area is 68.1 Å². The van der Waals surface area contributed by atoms with Crippen LogP contribution in [0.1, 0.15) is 26.2 Å². The molecule has 0 bridgehead atoms. The molecule has 1 aliphatic rings. The second-order valence-corrected chi connectivity index (χ2v) is 4.03. The predicted octanol–water partition coefficient (Wildman–Crippen LogP) is 3.10. The van der Waals surface area contributed by atoms with E-state index in [4.69, 9.17) is 0 Å². The average Bonchev–Trinajstić information content (AvgIpc) is 2.41. The van der Waals surface area contributed by atoms with Gasteiger partial charge in [-0.2, -0.15) is 11.8 Å². The highest BCUT2D eigenvalue weighted by Gasteiger charge is 2.13. The molecule has 0 nitrogen and oxygen atoms in total. The molecule has 0 radical (unpaired) electrons. The molecular weight excluding hydrogens is 140 g/mol. The molecule has 10 heavy (non-hydrogen) atoms. The van der Waals surface area contributed by atoms with Crippen molar-refractivity contribution in [1.29, 1.82) is 0 Å². The van der Waals surface area contributed by atoms with E-state index in [1.54, 1.807) is 0 Å². The molecule has 0 amide bonds. The van der Waals surface area contributed by atoms with E-state index in [2.05, 4.69) is 30.8 Å². The first-order valence-corrected chi connectivity index (χ1v) is 5.28. The summed E-state index contributed by atoms with van der Waals surface area (Å²) in [5, 5.41) is 0. The van der Waals surface area contributed by atoms with E-state index >= 15 is 0 Å². The Morgan fingerprint density at radius 1 is 1.60 bits per heavy atom. The number of thioether (sulfide) groups is 1. The number of hydrogen-bond donors (Lipinski definition) is 0. The molecule has 0 spiro atoms. The zero-order valence-electron chi connectivity index (χ0n) is 6.68. The molecule has 1 rings (SSSR count). The van der Waals surface area contributed by atoms with Crippen LogP contribution in [0, 0.1) is 5.92 Å². The summed E-state index contributed by atoms with van der Waals surface area (Å²) in [6, 6.07) is 0. The highest BCUT2D eigenvalue weighted by molar-refractivity contribution is 7.99. The summed E-state index contributed by atoms with van der Waals surface area (Å²) in [4.78, 5) is 0. The molecule has 1 unspecified atom stereocenters. The summed E-state index contributed by atoms with van der Waals surface area (Å²) in [6.45, 7) is 2.10. The van der Waals surface area contributed by atoms with Crippen LogP contribution in [-0.4, -0.2) is 11.5 Å². The first-order chi connectivity index (χ1) is 4.93. The van der Waals surface area contributed by atoms with Gasteiger partial charge in [-0.3, -0.25) is 0 Å². The van der Waals surface area contributed by atoms with Gasteiger partial charge in [0.2, 0.25) is 0 Å². The molecule has 0 aromatic rings. The maximum atomic E-state index is 2.28. The van der Waals surface area contributed by atoms with E-state index in [-0.39, 0.29) is 0 Å². The third-order valence-electron chi connectivity index (χ3n) is 2.00. The monoisotopic (exact) mass is 156 g/mol. The van der Waals surface area contributed by atoms with Gasteiger partial charge in [-0.05, 0) is 43.6 Å². The highest BCUT2D eigenvalue weighted by atomic mass is 32.2. The van der Waals surface area contributed by atoms with Crippen molar-refractivity contribution in [2.24, 2.45) is 5.92 Å². The van der Waals surface area contributed by atoms with Crippen molar-refractivity contribution >= 4 is 11.8 Å². The minimum Gasteiger partial charge on any atom is -0.162 e. The lowest BCUT2D eigenvalue weighted by Crippen LogP contribution is -1.95. The van der Waals surface area contributed by atoms with Crippen LogP contribution in [0.3, 0.4) is 0 Å². The minimum atomic E-state index is 1.03. The lowest BCUT2D eigenvalue weighted by Gasteiger charge is -2.03. The van der Waals surface area contributed by atoms with Gasteiger partial charge in [-0.25, -0.2) is 0 Å². The Morgan fingerprint density at radius 3 is 3.10 bits per heavy atom. The van der Waals surface area contributed by atoms with Crippen molar-refractivity contribution in [1.82, 2.24) is 0 Å². The van der Waals surface area contributed by atoms with Crippen LogP contribution < -0.4 is 0 Å². The van der Waals surface area contributed by atoms with Crippen LogP contribution in [0.25, 0.3) is 0 Å². The molecule has 0 aliphatic carbocycles. The third kappa shape index (κ3) is 2.78. The van der Waals surface area contributed by atoms with Crippen LogP contribution in [0.5, 0.6) is 0 Å². The zero-order valence-corrected chi connectivity index (χ0v) is 7.49. The minimum absolute atomic E-state index is 1.03. The molecule has 1 saturated heterocycles. The fourth-order valence-electron chi connectivity index (χ4n) is 1.31. The maximum Gasteiger partial charge on any atom is -0.00387 e. The van der Waals surface area contributed by atoms with Crippen LogP contribution in [0.4, 0.5) is 0 Å². The number of rotatable bonds is 3. The highest BCUT2D eigenvalue weighted by Crippen LogP contribution is 2.26. The number of hydrogen-bond acceptors (Lipinski definition) is 1. The quantitative estimate of drug-likeness (QED) is 0.566. The molecule has 1 fully saturated rings. The van der Waals surface area contributed by atoms with E-state index in [0.29, 0.717) is 0 Å². The molecule has 1 heterocycles. The lowest BCUT2D eigenvalue weighted by molar-refractivity contribution is 0.552. The van der Waals surface area contributed by atoms with Gasteiger partial charge in [-0.1, -0.05) is 12.2 Å². The van der Waals surface area contributed by atoms with Gasteiger partial charge in [0, 0.05) is 0 Å². The van der Waals surface area contributed by atoms with Crippen molar-refractivity contribution in [2.75, 3.05) is 11.5 Å². The molecule has 0 aromatic carbocycles. The molecule has 0 aromatic heterocycles. The van der Waals surface area contributed by atoms with E-state index in [1.807, 2.05) is 0 Å². The third-order valence-corrected chi connectivity index (χ3v) is 3.23. The maximum absolute atomic E-state index is 2.28. The summed E-state index contributed by atoms with van der Waals surface area (Å²) < 4.78 is 0. The van der Waals surface area contributed by atoms with Gasteiger partial charge in [0.05, 0.1) is 0 Å². The first kappa shape index (κ1) is 8.19. The van der Waals surface area contributed by atoms with Gasteiger partial charge in [0.15, 0.2) is 0 Å². The zero-order chi connectivity index (χ0) is 7.23. The Hall–Kier alpha value is 0.0900. The van der Waals surface area contributed by atoms with E-state index in [9.17, 15) is 0 Å². The van der Waals surface area contributed by atoms with E-state index in [0.717, 1.165) is 5.92 Å². The fraction of sp³-hybridized carbons (Fsp3) is 0.778. The summed E-state index contributed by atoms with van der Waals surface area (Å²) in [5.41, 5.74) is 0. The molecule has 0 saturated carbocycles. The molecule has 0 N–H and O–H groups in total. The summed E-state index contributed by atoms with van der Waals surface area (Å²) in [7, 11) is 0. The van der Waals surface area contributed by atoms with Crippen molar-refractivity contribution in [3.8, 4) is 0 Å². The molecular formula is C9H16S. The van der Waals surface area contributed by atoms with Gasteiger partial charge < -0.3 is 0 Å². The average molecular weight is 156 g/mol. The Morgan fingerprint density at radius 2 is 2.50 bits per heavy atom. The Bertz CT molecular complexity index is 101. The predicted molar refractivity (Wildman–Crippen MR) is 49.5 cm³/mol. The smallest absolute Gasteiger partial charge is 0.00387 e. The van der Waals surface area contributed by atoms with Crippen molar-refractivity contribution in [3.63, 3.8) is 0 Å². The normalized spacial score (nSPS) is 26.3. The van der Waals surface area contributed by atoms with Crippen molar-refractivity contribution < 1.29 is 0 Å². The molecule has 1 atom stereocenters. The standard InChI is InChI=1S/C9H16S/c1-2-3-4-5-9-6-7-10-8-9/h2-3,9H,4-8H2,1H3/b3-2-. The van der Waals surface area contributed by atoms with Gasteiger partial charge in [0.1, 0.15) is 0 Å². The molecule has 58 valence electrons. The largest absolute Gasteiger partial charge is 0.162 e. The fourth-order valence-corrected chi connectivity index (χ4v) is 2.64. The van der Waals surface area contributed by atoms with Gasteiger partial charge in [0.25, 0.3) is 0 Å². The Kier molecular flexibility index (Phi) is 3.96. The summed E-state index contributed by atoms with van der Waals surface area (Å²) in [6.07, 6.45) is 8.60. The van der Waals surface area contributed by atoms with E-state index in [1.165, 1.54) is 30.8 Å². The second kappa shape index (κ2) is 4.84. The van der Waals surface area contributed by atoms with Crippen molar-refractivity contribution in [2.45, 2.75) is 26.2 Å². The van der Waals surface area contributed by atoms with Crippen LogP contribution in [0.15, 0.2) is 12.2 Å². The van der Waals surface area contributed by atoms with E-state index < -0.39 is 0 Å². The second-order valence-electron chi connectivity index (χ2n) is 2.88. The van der Waals surface area contributed by atoms with Gasteiger partial charge in [-0.15, -0.1) is 0 Å².